The minimum absolute atomic E-state index is 0.00981. The molecule has 0 atom stereocenters. The molecule has 2 aromatic rings. The molecule has 2 aromatic carbocycles. The van der Waals surface area contributed by atoms with Crippen molar-refractivity contribution in [2.75, 3.05) is 0 Å². The van der Waals surface area contributed by atoms with E-state index >= 15 is 0 Å². The van der Waals surface area contributed by atoms with Crippen molar-refractivity contribution in [1.82, 2.24) is 0 Å². The quantitative estimate of drug-likeness (QED) is 0.734. The number of aryl methyl sites for hydroxylation is 1. The van der Waals surface area contributed by atoms with Gasteiger partial charge in [0.15, 0.2) is 5.78 Å². The van der Waals surface area contributed by atoms with Crippen molar-refractivity contribution in [3.63, 3.8) is 0 Å². The number of halogens is 1. The van der Waals surface area contributed by atoms with Crippen LogP contribution in [0.25, 0.3) is 0 Å². The van der Waals surface area contributed by atoms with Gasteiger partial charge in [-0.15, -0.1) is 0 Å². The van der Waals surface area contributed by atoms with Crippen LogP contribution in [0.3, 0.4) is 0 Å². The van der Waals surface area contributed by atoms with Crippen LogP contribution in [0, 0.1) is 12.7 Å². The van der Waals surface area contributed by atoms with Crippen LogP contribution >= 0.6 is 0 Å². The third-order valence-electron chi connectivity index (χ3n) is 2.63. The zero-order valence-electron chi connectivity index (χ0n) is 9.61. The van der Waals surface area contributed by atoms with Crippen LogP contribution in [0.2, 0.25) is 0 Å². The second-order valence-corrected chi connectivity index (χ2v) is 4.10. The lowest BCUT2D eigenvalue weighted by atomic mass is 10.0. The Hall–Kier alpha value is -1.96. The second kappa shape index (κ2) is 4.91. The summed E-state index contributed by atoms with van der Waals surface area (Å²) in [6, 6.07) is 13.6. The van der Waals surface area contributed by atoms with Crippen LogP contribution in [-0.4, -0.2) is 5.78 Å². The zero-order chi connectivity index (χ0) is 12.3. The summed E-state index contributed by atoms with van der Waals surface area (Å²) < 4.78 is 13.0. The molecule has 0 aliphatic heterocycles. The van der Waals surface area contributed by atoms with E-state index in [9.17, 15) is 9.18 Å². The van der Waals surface area contributed by atoms with E-state index in [1.54, 1.807) is 24.3 Å². The summed E-state index contributed by atoms with van der Waals surface area (Å²) in [5.41, 5.74) is 2.49. The number of carbonyl (C=O) groups is 1. The molecule has 0 N–H and O–H groups in total. The van der Waals surface area contributed by atoms with Crippen molar-refractivity contribution < 1.29 is 9.18 Å². The third-order valence-corrected chi connectivity index (χ3v) is 2.63. The summed E-state index contributed by atoms with van der Waals surface area (Å²) in [4.78, 5) is 11.9. The average molecular weight is 228 g/mol. The first kappa shape index (κ1) is 11.5. The van der Waals surface area contributed by atoms with Crippen LogP contribution in [-0.2, 0) is 6.42 Å². The van der Waals surface area contributed by atoms with Crippen LogP contribution in [0.5, 0.6) is 0 Å². The maximum atomic E-state index is 13.0. The lowest BCUT2D eigenvalue weighted by molar-refractivity contribution is 0.0993. The number of hydrogen-bond donors (Lipinski definition) is 0. The molecule has 0 saturated carbocycles. The molecule has 0 radical (unpaired) electrons. The SMILES string of the molecule is Cc1ccc(C(=O)Cc2cccc(F)c2)cc1. The maximum absolute atomic E-state index is 13.0. The molecule has 0 aliphatic rings. The number of Topliss-reactive ketones (excluding diaryl/α,β-unsaturated/α-hetero) is 1. The fourth-order valence-electron chi connectivity index (χ4n) is 1.67. The Balaban J connectivity index is 2.14. The van der Waals surface area contributed by atoms with Gasteiger partial charge in [-0.25, -0.2) is 4.39 Å². The Morgan fingerprint density at radius 1 is 1.12 bits per heavy atom. The zero-order valence-corrected chi connectivity index (χ0v) is 9.61. The number of hydrogen-bond acceptors (Lipinski definition) is 1. The van der Waals surface area contributed by atoms with E-state index in [-0.39, 0.29) is 18.0 Å². The van der Waals surface area contributed by atoms with Crippen molar-refractivity contribution in [1.29, 1.82) is 0 Å². The van der Waals surface area contributed by atoms with Gasteiger partial charge in [-0.3, -0.25) is 4.79 Å². The molecule has 0 aromatic heterocycles. The number of carbonyl (C=O) groups excluding carboxylic acids is 1. The lowest BCUT2D eigenvalue weighted by Crippen LogP contribution is -2.03. The highest BCUT2D eigenvalue weighted by molar-refractivity contribution is 5.97. The molecule has 2 heteroatoms. The third kappa shape index (κ3) is 3.00. The minimum Gasteiger partial charge on any atom is -0.294 e. The summed E-state index contributed by atoms with van der Waals surface area (Å²) in [6.45, 7) is 1.97. The number of ketones is 1. The van der Waals surface area contributed by atoms with E-state index in [4.69, 9.17) is 0 Å². The monoisotopic (exact) mass is 228 g/mol. The van der Waals surface area contributed by atoms with Crippen molar-refractivity contribution in [3.05, 3.63) is 71.0 Å². The fraction of sp³-hybridized carbons (Fsp3) is 0.133. The van der Waals surface area contributed by atoms with Gasteiger partial charge in [-0.1, -0.05) is 42.0 Å². The van der Waals surface area contributed by atoms with Crippen LogP contribution < -0.4 is 0 Å². The molecule has 0 heterocycles. The topological polar surface area (TPSA) is 17.1 Å². The molecule has 0 fully saturated rings. The minimum atomic E-state index is -0.306. The van der Waals surface area contributed by atoms with Gasteiger partial charge in [0.25, 0.3) is 0 Å². The standard InChI is InChI=1S/C15H13FO/c1-11-5-7-13(8-6-11)15(17)10-12-3-2-4-14(16)9-12/h2-9H,10H2,1H3. The second-order valence-electron chi connectivity index (χ2n) is 4.10. The molecule has 0 bridgehead atoms. The van der Waals surface area contributed by atoms with Gasteiger partial charge in [0, 0.05) is 12.0 Å². The van der Waals surface area contributed by atoms with Crippen LogP contribution in [0.4, 0.5) is 4.39 Å². The Morgan fingerprint density at radius 3 is 2.47 bits per heavy atom. The molecule has 17 heavy (non-hydrogen) atoms. The van der Waals surface area contributed by atoms with E-state index in [2.05, 4.69) is 0 Å². The smallest absolute Gasteiger partial charge is 0.167 e. The highest BCUT2D eigenvalue weighted by Crippen LogP contribution is 2.10. The van der Waals surface area contributed by atoms with E-state index in [0.29, 0.717) is 11.1 Å². The van der Waals surface area contributed by atoms with E-state index in [0.717, 1.165) is 5.56 Å². The van der Waals surface area contributed by atoms with Gasteiger partial charge in [-0.2, -0.15) is 0 Å². The van der Waals surface area contributed by atoms with Crippen LogP contribution in [0.15, 0.2) is 48.5 Å². The first-order valence-corrected chi connectivity index (χ1v) is 5.49. The van der Waals surface area contributed by atoms with Crippen molar-refractivity contribution in [2.45, 2.75) is 13.3 Å². The largest absolute Gasteiger partial charge is 0.294 e. The van der Waals surface area contributed by atoms with Crippen molar-refractivity contribution in [2.24, 2.45) is 0 Å². The van der Waals surface area contributed by atoms with Crippen molar-refractivity contribution >= 4 is 5.78 Å². The summed E-state index contributed by atoms with van der Waals surface area (Å²) in [7, 11) is 0. The molecule has 0 amide bonds. The molecule has 0 aliphatic carbocycles. The summed E-state index contributed by atoms with van der Waals surface area (Å²) >= 11 is 0. The Bertz CT molecular complexity index is 529. The first-order chi connectivity index (χ1) is 8.15. The van der Waals surface area contributed by atoms with Gasteiger partial charge in [0.1, 0.15) is 5.82 Å². The highest BCUT2D eigenvalue weighted by Gasteiger charge is 2.07. The molecule has 0 unspecified atom stereocenters. The molecular formula is C15H13FO. The predicted octanol–water partition coefficient (Wildman–Crippen LogP) is 3.56. The Labute approximate surface area is 99.9 Å². The predicted molar refractivity (Wildman–Crippen MR) is 65.6 cm³/mol. The van der Waals surface area contributed by atoms with Crippen LogP contribution in [0.1, 0.15) is 21.5 Å². The Kier molecular flexibility index (Phi) is 3.33. The number of benzene rings is 2. The summed E-state index contributed by atoms with van der Waals surface area (Å²) in [6.07, 6.45) is 0.237. The lowest BCUT2D eigenvalue weighted by Gasteiger charge is -2.02. The normalized spacial score (nSPS) is 10.2. The van der Waals surface area contributed by atoms with Gasteiger partial charge in [0.2, 0.25) is 0 Å². The Morgan fingerprint density at radius 2 is 1.82 bits per heavy atom. The molecule has 0 saturated heterocycles. The summed E-state index contributed by atoms with van der Waals surface area (Å²) in [5, 5.41) is 0. The van der Waals surface area contributed by atoms with Gasteiger partial charge < -0.3 is 0 Å². The highest BCUT2D eigenvalue weighted by atomic mass is 19.1. The molecule has 86 valence electrons. The molecular weight excluding hydrogens is 215 g/mol. The molecule has 2 rings (SSSR count). The van der Waals surface area contributed by atoms with E-state index in [1.165, 1.54) is 12.1 Å². The van der Waals surface area contributed by atoms with E-state index in [1.807, 2.05) is 19.1 Å². The summed E-state index contributed by atoms with van der Waals surface area (Å²) in [5.74, 6) is -0.296. The molecule has 0 spiro atoms. The maximum Gasteiger partial charge on any atom is 0.167 e. The fourth-order valence-corrected chi connectivity index (χ4v) is 1.67. The van der Waals surface area contributed by atoms with Gasteiger partial charge >= 0.3 is 0 Å². The molecule has 1 nitrogen and oxygen atoms in total. The van der Waals surface area contributed by atoms with Gasteiger partial charge in [-0.05, 0) is 24.6 Å². The van der Waals surface area contributed by atoms with E-state index < -0.39 is 0 Å². The average Bonchev–Trinajstić information content (AvgIpc) is 2.29. The van der Waals surface area contributed by atoms with Crippen molar-refractivity contribution in [3.8, 4) is 0 Å². The number of rotatable bonds is 3. The first-order valence-electron chi connectivity index (χ1n) is 5.49. The van der Waals surface area contributed by atoms with Gasteiger partial charge in [0.05, 0.1) is 0 Å².